The normalized spacial score (nSPS) is 23.1. The van der Waals surface area contributed by atoms with Gasteiger partial charge in [-0.2, -0.15) is 0 Å². The van der Waals surface area contributed by atoms with Crippen LogP contribution in [0.4, 0.5) is 5.69 Å². The van der Waals surface area contributed by atoms with Crippen LogP contribution in [0.5, 0.6) is 0 Å². The highest BCUT2D eigenvalue weighted by atomic mass is 15.2. The molecule has 1 aromatic rings. The van der Waals surface area contributed by atoms with E-state index in [4.69, 9.17) is 0 Å². The van der Waals surface area contributed by atoms with Gasteiger partial charge in [-0.3, -0.25) is 4.99 Å². The Morgan fingerprint density at radius 1 is 1.00 bits per heavy atom. The quantitative estimate of drug-likeness (QED) is 0.734. The van der Waals surface area contributed by atoms with Gasteiger partial charge in [-0.25, -0.2) is 4.58 Å². The van der Waals surface area contributed by atoms with Gasteiger partial charge in [0, 0.05) is 43.0 Å². The van der Waals surface area contributed by atoms with Gasteiger partial charge in [-0.15, -0.1) is 0 Å². The van der Waals surface area contributed by atoms with E-state index in [1.807, 2.05) is 20.3 Å². The lowest BCUT2D eigenvalue weighted by Crippen LogP contribution is -2.34. The smallest absolute Gasteiger partial charge is 0.199 e. The molecule has 27 heavy (non-hydrogen) atoms. The molecule has 0 amide bonds. The van der Waals surface area contributed by atoms with Crippen molar-refractivity contribution in [2.75, 3.05) is 26.0 Å². The summed E-state index contributed by atoms with van der Waals surface area (Å²) in [6, 6.07) is 9.20. The van der Waals surface area contributed by atoms with E-state index in [2.05, 4.69) is 94.4 Å². The van der Waals surface area contributed by atoms with Gasteiger partial charge < -0.3 is 4.90 Å². The standard InChI is InChI=1S/C24H26N3/c1-26(2)22-14-8-18(9-15-22)17-25-21-12-10-19(11-13-21)24-16-20-6-4-5-7-23(20)27(24)3/h4-15,17,19,24H,16H2,1-3H3/q+1. The summed E-state index contributed by atoms with van der Waals surface area (Å²) in [6.07, 6.45) is 20.3. The molecule has 2 aliphatic carbocycles. The van der Waals surface area contributed by atoms with Crippen LogP contribution in [0.1, 0.15) is 5.56 Å². The Labute approximate surface area is 161 Å². The first-order valence-corrected chi connectivity index (χ1v) is 9.47. The zero-order valence-electron chi connectivity index (χ0n) is 16.2. The van der Waals surface area contributed by atoms with Crippen molar-refractivity contribution in [2.45, 2.75) is 12.5 Å². The first kappa shape index (κ1) is 17.5. The third-order valence-electron chi connectivity index (χ3n) is 5.49. The van der Waals surface area contributed by atoms with Gasteiger partial charge in [0.2, 0.25) is 0 Å². The predicted molar refractivity (Wildman–Crippen MR) is 115 cm³/mol. The number of benzene rings is 1. The van der Waals surface area contributed by atoms with Crippen molar-refractivity contribution >= 4 is 17.1 Å². The minimum absolute atomic E-state index is 0.417. The number of fused-ring (bicyclic) bond motifs is 1. The highest BCUT2D eigenvalue weighted by molar-refractivity contribution is 6.05. The molecule has 0 saturated carbocycles. The van der Waals surface area contributed by atoms with Gasteiger partial charge >= 0.3 is 0 Å². The first-order chi connectivity index (χ1) is 13.1. The maximum Gasteiger partial charge on any atom is 0.199 e. The Balaban J connectivity index is 1.43. The van der Waals surface area contributed by atoms with Gasteiger partial charge in [0.15, 0.2) is 5.71 Å². The van der Waals surface area contributed by atoms with E-state index in [1.165, 1.54) is 17.0 Å². The van der Waals surface area contributed by atoms with E-state index in [0.717, 1.165) is 17.7 Å². The Morgan fingerprint density at radius 3 is 2.37 bits per heavy atom. The molecule has 3 heteroatoms. The molecule has 0 saturated heterocycles. The summed E-state index contributed by atoms with van der Waals surface area (Å²) in [4.78, 5) is 7.05. The summed E-state index contributed by atoms with van der Waals surface area (Å²) < 4.78 is 2.10. The molecule has 136 valence electrons. The number of anilines is 1. The lowest BCUT2D eigenvalue weighted by molar-refractivity contribution is -0.462. The van der Waals surface area contributed by atoms with Gasteiger partial charge in [-0.1, -0.05) is 30.4 Å². The van der Waals surface area contributed by atoms with Gasteiger partial charge in [0.25, 0.3) is 0 Å². The molecule has 0 aromatic heterocycles. The molecular formula is C24H26N3+. The van der Waals surface area contributed by atoms with Crippen molar-refractivity contribution in [3.8, 4) is 0 Å². The molecule has 1 atom stereocenters. The number of para-hydroxylation sites is 1. The molecule has 3 aliphatic rings. The molecule has 3 nitrogen and oxygen atoms in total. The van der Waals surface area contributed by atoms with Crippen LogP contribution in [0.15, 0.2) is 89.6 Å². The fourth-order valence-corrected chi connectivity index (χ4v) is 3.85. The SMILES string of the molecule is CN1c2ccccc2CC1C1C=CC(=NC=C2C=CC(=[N+](C)C)C=C2)C=C1. The summed E-state index contributed by atoms with van der Waals surface area (Å²) in [5, 5.41) is 0. The van der Waals surface area contributed by atoms with Crippen LogP contribution in [0.2, 0.25) is 0 Å². The fraction of sp³-hybridized carbons (Fsp3) is 0.250. The summed E-state index contributed by atoms with van der Waals surface area (Å²) in [5.41, 5.74) is 6.12. The molecule has 0 bridgehead atoms. The Hall–Kier alpha value is -2.94. The molecule has 0 N–H and O–H groups in total. The van der Waals surface area contributed by atoms with Crippen molar-refractivity contribution in [2.24, 2.45) is 10.9 Å². The number of hydrogen-bond acceptors (Lipinski definition) is 2. The Morgan fingerprint density at radius 2 is 1.70 bits per heavy atom. The van der Waals surface area contributed by atoms with E-state index in [9.17, 15) is 0 Å². The average Bonchev–Trinajstić information content (AvgIpc) is 3.04. The third-order valence-corrected chi connectivity index (χ3v) is 5.49. The van der Waals surface area contributed by atoms with Crippen molar-refractivity contribution < 1.29 is 4.58 Å². The average molecular weight is 356 g/mol. The second kappa shape index (κ2) is 7.36. The van der Waals surface area contributed by atoms with E-state index >= 15 is 0 Å². The van der Waals surface area contributed by atoms with Crippen LogP contribution in [0, 0.1) is 5.92 Å². The van der Waals surface area contributed by atoms with E-state index in [0.29, 0.717) is 12.0 Å². The summed E-state index contributed by atoms with van der Waals surface area (Å²) in [5.74, 6) is 0.417. The number of nitrogens with zero attached hydrogens (tertiary/aromatic N) is 3. The second-order valence-electron chi connectivity index (χ2n) is 7.48. The minimum atomic E-state index is 0.417. The number of rotatable bonds is 2. The monoisotopic (exact) mass is 356 g/mol. The first-order valence-electron chi connectivity index (χ1n) is 9.47. The van der Waals surface area contributed by atoms with Crippen LogP contribution in [0.3, 0.4) is 0 Å². The lowest BCUT2D eigenvalue weighted by atomic mass is 9.92. The molecule has 0 spiro atoms. The Bertz CT molecular complexity index is 916. The van der Waals surface area contributed by atoms with Crippen LogP contribution >= 0.6 is 0 Å². The number of aliphatic imine (C=N–C) groups is 1. The zero-order chi connectivity index (χ0) is 18.8. The summed E-state index contributed by atoms with van der Waals surface area (Å²) >= 11 is 0. The molecule has 1 unspecified atom stereocenters. The predicted octanol–water partition coefficient (Wildman–Crippen LogP) is 3.95. The van der Waals surface area contributed by atoms with Crippen LogP contribution in [0.25, 0.3) is 0 Å². The van der Waals surface area contributed by atoms with Crippen LogP contribution in [-0.4, -0.2) is 43.2 Å². The molecule has 1 heterocycles. The highest BCUT2D eigenvalue weighted by Gasteiger charge is 2.30. The second-order valence-corrected chi connectivity index (χ2v) is 7.48. The van der Waals surface area contributed by atoms with Crippen LogP contribution < -0.4 is 4.90 Å². The topological polar surface area (TPSA) is 18.6 Å². The lowest BCUT2D eigenvalue weighted by Gasteiger charge is -2.28. The number of hydrogen-bond donors (Lipinski definition) is 0. The summed E-state index contributed by atoms with van der Waals surface area (Å²) in [6.45, 7) is 0. The summed E-state index contributed by atoms with van der Waals surface area (Å²) in [7, 11) is 6.30. The molecule has 4 rings (SSSR count). The van der Waals surface area contributed by atoms with Crippen molar-refractivity contribution in [1.29, 1.82) is 0 Å². The minimum Gasteiger partial charge on any atom is -0.370 e. The highest BCUT2D eigenvalue weighted by Crippen LogP contribution is 2.35. The molecule has 0 radical (unpaired) electrons. The maximum atomic E-state index is 4.64. The van der Waals surface area contributed by atoms with E-state index < -0.39 is 0 Å². The van der Waals surface area contributed by atoms with Gasteiger partial charge in [0.1, 0.15) is 14.1 Å². The Kier molecular flexibility index (Phi) is 4.76. The largest absolute Gasteiger partial charge is 0.370 e. The van der Waals surface area contributed by atoms with Gasteiger partial charge in [0.05, 0.1) is 5.71 Å². The van der Waals surface area contributed by atoms with Gasteiger partial charge in [-0.05, 0) is 47.9 Å². The van der Waals surface area contributed by atoms with Crippen LogP contribution in [-0.2, 0) is 6.42 Å². The van der Waals surface area contributed by atoms with E-state index in [1.54, 1.807) is 0 Å². The van der Waals surface area contributed by atoms with Crippen molar-refractivity contribution in [3.05, 3.63) is 90.2 Å². The molecule has 1 aromatic carbocycles. The molecule has 1 aliphatic heterocycles. The van der Waals surface area contributed by atoms with E-state index in [-0.39, 0.29) is 0 Å². The molecule has 0 fully saturated rings. The maximum absolute atomic E-state index is 4.64. The fourth-order valence-electron chi connectivity index (χ4n) is 3.85. The molecular weight excluding hydrogens is 330 g/mol. The van der Waals surface area contributed by atoms with Crippen molar-refractivity contribution in [3.63, 3.8) is 0 Å². The number of allylic oxidation sites excluding steroid dienone is 7. The zero-order valence-corrected chi connectivity index (χ0v) is 16.2. The van der Waals surface area contributed by atoms with Crippen molar-refractivity contribution in [1.82, 2.24) is 0 Å². The third kappa shape index (κ3) is 3.63. The number of likely N-dealkylation sites (N-methyl/N-ethyl adjacent to an activating group) is 1.